The first-order valence-electron chi connectivity index (χ1n) is 8.35. The van der Waals surface area contributed by atoms with E-state index in [-0.39, 0.29) is 17.0 Å². The lowest BCUT2D eigenvalue weighted by molar-refractivity contribution is -0.126. The normalized spacial score (nSPS) is 19.1. The molecule has 2 aromatic carbocycles. The number of benzene rings is 2. The number of carbonyl (C=O) groups excluding carboxylic acids is 1. The molecule has 0 spiro atoms. The molecule has 0 unspecified atom stereocenters. The van der Waals surface area contributed by atoms with E-state index < -0.39 is 0 Å². The summed E-state index contributed by atoms with van der Waals surface area (Å²) >= 11 is 1.38. The maximum Gasteiger partial charge on any atom is 0.242 e. The van der Waals surface area contributed by atoms with Gasteiger partial charge < -0.3 is 0 Å². The molecule has 0 N–H and O–H groups in total. The zero-order valence-corrected chi connectivity index (χ0v) is 15.8. The number of hydrogen-bond acceptors (Lipinski definition) is 4. The zero-order valence-electron chi connectivity index (χ0n) is 14.9. The van der Waals surface area contributed by atoms with E-state index in [2.05, 4.69) is 16.3 Å². The van der Waals surface area contributed by atoms with Gasteiger partial charge in [-0.3, -0.25) is 9.69 Å². The van der Waals surface area contributed by atoms with E-state index in [0.717, 1.165) is 16.7 Å². The first-order chi connectivity index (χ1) is 12.4. The molecule has 0 radical (unpaired) electrons. The van der Waals surface area contributed by atoms with E-state index in [1.54, 1.807) is 23.2 Å². The van der Waals surface area contributed by atoms with E-state index >= 15 is 0 Å². The van der Waals surface area contributed by atoms with Gasteiger partial charge in [0, 0.05) is 0 Å². The predicted molar refractivity (Wildman–Crippen MR) is 105 cm³/mol. The summed E-state index contributed by atoms with van der Waals surface area (Å²) < 4.78 is 13.1. The van der Waals surface area contributed by atoms with Crippen LogP contribution in [0.3, 0.4) is 0 Å². The van der Waals surface area contributed by atoms with Gasteiger partial charge in [-0.2, -0.15) is 5.10 Å². The molecule has 26 heavy (non-hydrogen) atoms. The average Bonchev–Trinajstić information content (AvgIpc) is 2.86. The average molecular weight is 369 g/mol. The van der Waals surface area contributed by atoms with E-state index in [1.807, 2.05) is 32.9 Å². The van der Waals surface area contributed by atoms with Crippen molar-refractivity contribution in [2.75, 3.05) is 0 Å². The Morgan fingerprint density at radius 1 is 1.19 bits per heavy atom. The maximum atomic E-state index is 13.1. The van der Waals surface area contributed by atoms with Crippen molar-refractivity contribution in [3.63, 3.8) is 0 Å². The highest BCUT2D eigenvalue weighted by Gasteiger charge is 2.35. The van der Waals surface area contributed by atoms with Crippen LogP contribution in [0.1, 0.15) is 29.2 Å². The van der Waals surface area contributed by atoms with Gasteiger partial charge in [-0.1, -0.05) is 47.7 Å². The number of aryl methyl sites for hydroxylation is 2. The minimum atomic E-state index is -0.295. The highest BCUT2D eigenvalue weighted by atomic mass is 32.2. The van der Waals surface area contributed by atoms with E-state index in [1.165, 1.54) is 29.5 Å². The Labute approximate surface area is 156 Å². The molecule has 1 atom stereocenters. The Morgan fingerprint density at radius 2 is 1.92 bits per heavy atom. The van der Waals surface area contributed by atoms with Gasteiger partial charge in [-0.05, 0) is 49.6 Å². The van der Waals surface area contributed by atoms with Crippen LogP contribution in [0.15, 0.2) is 52.7 Å². The lowest BCUT2D eigenvalue weighted by Crippen LogP contribution is -2.30. The lowest BCUT2D eigenvalue weighted by atomic mass is 10.1. The maximum absolute atomic E-state index is 13.1. The van der Waals surface area contributed by atoms with Crippen molar-refractivity contribution in [3.8, 4) is 0 Å². The second-order valence-electron chi connectivity index (χ2n) is 6.30. The summed E-state index contributed by atoms with van der Waals surface area (Å²) in [4.78, 5) is 14.0. The minimum absolute atomic E-state index is 0.0141. The molecular weight excluding hydrogens is 349 g/mol. The minimum Gasteiger partial charge on any atom is -0.284 e. The van der Waals surface area contributed by atoms with Gasteiger partial charge in [0.25, 0.3) is 0 Å². The van der Waals surface area contributed by atoms with Gasteiger partial charge in [0.1, 0.15) is 5.82 Å². The Kier molecular flexibility index (Phi) is 5.52. The fraction of sp³-hybridized carbons (Fsp3) is 0.250. The summed E-state index contributed by atoms with van der Waals surface area (Å²) in [6.07, 6.45) is 1.70. The summed E-state index contributed by atoms with van der Waals surface area (Å²) in [6, 6.07) is 12.2. The van der Waals surface area contributed by atoms with Crippen LogP contribution in [0.2, 0.25) is 0 Å². The number of thioether (sulfide) groups is 1. The number of nitrogens with zero attached hydrogens (tertiary/aromatic N) is 3. The third-order valence-electron chi connectivity index (χ3n) is 4.15. The largest absolute Gasteiger partial charge is 0.284 e. The Hall–Kier alpha value is -2.47. The van der Waals surface area contributed by atoms with Crippen molar-refractivity contribution in [2.45, 2.75) is 32.6 Å². The summed E-state index contributed by atoms with van der Waals surface area (Å²) in [5.41, 5.74) is 4.16. The predicted octanol–water partition coefficient (Wildman–Crippen LogP) is 4.30. The number of amidine groups is 1. The third-order valence-corrected chi connectivity index (χ3v) is 5.21. The quantitative estimate of drug-likeness (QED) is 0.596. The fourth-order valence-corrected chi connectivity index (χ4v) is 3.61. The Morgan fingerprint density at radius 3 is 2.62 bits per heavy atom. The molecule has 1 saturated heterocycles. The number of halogens is 1. The van der Waals surface area contributed by atoms with Crippen molar-refractivity contribution in [1.29, 1.82) is 0 Å². The Bertz CT molecular complexity index is 877. The van der Waals surface area contributed by atoms with Crippen molar-refractivity contribution >= 4 is 29.1 Å². The van der Waals surface area contributed by atoms with E-state index in [4.69, 9.17) is 0 Å². The Balaban J connectivity index is 1.79. The fourth-order valence-electron chi connectivity index (χ4n) is 2.69. The summed E-state index contributed by atoms with van der Waals surface area (Å²) in [6.45, 7) is 6.28. The van der Waals surface area contributed by atoms with Crippen LogP contribution in [-0.4, -0.2) is 27.4 Å². The van der Waals surface area contributed by atoms with Gasteiger partial charge in [0.2, 0.25) is 5.91 Å². The molecule has 1 aliphatic rings. The summed E-state index contributed by atoms with van der Waals surface area (Å²) in [7, 11) is 0. The molecule has 1 aliphatic heterocycles. The molecule has 1 heterocycles. The molecule has 134 valence electrons. The highest BCUT2D eigenvalue weighted by molar-refractivity contribution is 8.15. The second-order valence-corrected chi connectivity index (χ2v) is 7.61. The van der Waals surface area contributed by atoms with Crippen LogP contribution in [0, 0.1) is 19.7 Å². The van der Waals surface area contributed by atoms with E-state index in [9.17, 15) is 9.18 Å². The van der Waals surface area contributed by atoms with Crippen molar-refractivity contribution in [2.24, 2.45) is 10.2 Å². The van der Waals surface area contributed by atoms with Gasteiger partial charge in [-0.25, -0.2) is 4.39 Å². The number of carbonyl (C=O) groups is 1. The van der Waals surface area contributed by atoms with Gasteiger partial charge in [0.15, 0.2) is 5.17 Å². The molecule has 2 aromatic rings. The molecule has 1 fully saturated rings. The van der Waals surface area contributed by atoms with Crippen LogP contribution in [0.4, 0.5) is 4.39 Å². The molecule has 0 saturated carbocycles. The monoisotopic (exact) mass is 369 g/mol. The topological polar surface area (TPSA) is 45.0 Å². The standard InChI is InChI=1S/C20H20FN3OS/c1-13-4-7-17(14(2)10-13)11-22-23-20-24(19(25)15(3)26-20)12-16-5-8-18(21)9-6-16/h4-11,15H,12H2,1-3H3/b22-11-,23-20-/t15-/m0/s1. The van der Waals surface area contributed by atoms with Gasteiger partial charge in [-0.15, -0.1) is 5.10 Å². The van der Waals surface area contributed by atoms with E-state index in [0.29, 0.717) is 11.7 Å². The third kappa shape index (κ3) is 4.19. The highest BCUT2D eigenvalue weighted by Crippen LogP contribution is 2.28. The lowest BCUT2D eigenvalue weighted by Gasteiger charge is -2.15. The molecule has 0 aliphatic carbocycles. The molecule has 4 nitrogen and oxygen atoms in total. The number of hydrogen-bond donors (Lipinski definition) is 0. The molecule has 6 heteroatoms. The molecule has 0 aromatic heterocycles. The zero-order chi connectivity index (χ0) is 18.7. The van der Waals surface area contributed by atoms with Gasteiger partial charge in [0.05, 0.1) is 18.0 Å². The molecule has 0 bridgehead atoms. The first-order valence-corrected chi connectivity index (χ1v) is 9.23. The van der Waals surface area contributed by atoms with Crippen LogP contribution in [0.25, 0.3) is 0 Å². The SMILES string of the molecule is Cc1ccc(/C=N\N=C2/S[C@@H](C)C(=O)N2Cc2ccc(F)cc2)c(C)c1. The van der Waals surface area contributed by atoms with Crippen LogP contribution >= 0.6 is 11.8 Å². The van der Waals surface area contributed by atoms with Crippen LogP contribution < -0.4 is 0 Å². The van der Waals surface area contributed by atoms with Crippen LogP contribution in [0.5, 0.6) is 0 Å². The van der Waals surface area contributed by atoms with Crippen molar-refractivity contribution in [1.82, 2.24) is 4.90 Å². The summed E-state index contributed by atoms with van der Waals surface area (Å²) in [5, 5.41) is 8.79. The molecular formula is C20H20FN3OS. The molecule has 1 amide bonds. The smallest absolute Gasteiger partial charge is 0.242 e. The first kappa shape index (κ1) is 18.3. The second kappa shape index (κ2) is 7.83. The van der Waals surface area contributed by atoms with Gasteiger partial charge >= 0.3 is 0 Å². The van der Waals surface area contributed by atoms with Crippen LogP contribution in [-0.2, 0) is 11.3 Å². The molecule has 3 rings (SSSR count). The summed E-state index contributed by atoms with van der Waals surface area (Å²) in [5.74, 6) is -0.309. The van der Waals surface area contributed by atoms with Crippen molar-refractivity contribution in [3.05, 3.63) is 70.5 Å². The van der Waals surface area contributed by atoms with Crippen molar-refractivity contribution < 1.29 is 9.18 Å². The number of rotatable bonds is 4. The number of amides is 1.